The number of aliphatic hydroxyl groups excluding tert-OH is 2. The summed E-state index contributed by atoms with van der Waals surface area (Å²) in [4.78, 5) is 63.6. The molecular weight excluding hydrogens is 680 g/mol. The van der Waals surface area contributed by atoms with Crippen molar-refractivity contribution in [2.45, 2.75) is 80.5 Å². The molecule has 4 aliphatic rings. The van der Waals surface area contributed by atoms with Gasteiger partial charge >= 0.3 is 29.8 Å². The summed E-state index contributed by atoms with van der Waals surface area (Å²) in [5, 5.41) is 41.8. The maximum atomic E-state index is 14.0. The number of hydrogen-bond acceptors (Lipinski definition) is 17. The molecule has 1 spiro atoms. The van der Waals surface area contributed by atoms with Crippen LogP contribution in [-0.4, -0.2) is 118 Å². The van der Waals surface area contributed by atoms with Crippen LogP contribution in [0.25, 0.3) is 6.08 Å². The molecule has 0 saturated carbocycles. The van der Waals surface area contributed by atoms with Crippen LogP contribution in [0.1, 0.15) is 37.3 Å². The Morgan fingerprint density at radius 3 is 2.24 bits per heavy atom. The number of hydrogen-bond donors (Lipinski definition) is 4. The van der Waals surface area contributed by atoms with Crippen molar-refractivity contribution in [1.82, 2.24) is 0 Å². The van der Waals surface area contributed by atoms with E-state index in [4.69, 9.17) is 37.9 Å². The number of aliphatic hydroxyl groups is 2. The lowest BCUT2D eigenvalue weighted by Crippen LogP contribution is -2.67. The van der Waals surface area contributed by atoms with Gasteiger partial charge in [-0.15, -0.1) is 0 Å². The molecule has 2 aromatic carbocycles. The molecule has 0 radical (unpaired) electrons. The predicted octanol–water partition coefficient (Wildman–Crippen LogP) is 0.102. The Labute approximate surface area is 289 Å². The first-order valence-electron chi connectivity index (χ1n) is 15.8. The normalized spacial score (nSPS) is 34.2. The fourth-order valence-corrected chi connectivity index (χ4v) is 6.67. The van der Waals surface area contributed by atoms with Gasteiger partial charge in [-0.25, -0.2) is 9.59 Å². The van der Waals surface area contributed by atoms with Crippen molar-refractivity contribution in [2.24, 2.45) is 0 Å². The van der Waals surface area contributed by atoms with E-state index in [0.717, 1.165) is 19.9 Å². The van der Waals surface area contributed by atoms with Crippen molar-refractivity contribution in [1.29, 1.82) is 0 Å². The van der Waals surface area contributed by atoms with Gasteiger partial charge in [-0.05, 0) is 41.5 Å². The highest BCUT2D eigenvalue weighted by atomic mass is 16.8. The molecule has 17 heteroatoms. The lowest BCUT2D eigenvalue weighted by Gasteiger charge is -2.46. The van der Waals surface area contributed by atoms with Crippen LogP contribution in [0.3, 0.4) is 0 Å². The van der Waals surface area contributed by atoms with E-state index < -0.39 is 110 Å². The highest BCUT2D eigenvalue weighted by Crippen LogP contribution is 2.59. The zero-order valence-corrected chi connectivity index (χ0v) is 27.1. The van der Waals surface area contributed by atoms with Crippen molar-refractivity contribution in [3.63, 3.8) is 0 Å². The van der Waals surface area contributed by atoms with Crippen molar-refractivity contribution >= 4 is 35.9 Å². The van der Waals surface area contributed by atoms with Crippen molar-refractivity contribution in [3.8, 4) is 11.5 Å². The van der Waals surface area contributed by atoms with E-state index in [2.05, 4.69) is 0 Å². The van der Waals surface area contributed by atoms with Gasteiger partial charge in [0.25, 0.3) is 11.4 Å². The van der Waals surface area contributed by atoms with Gasteiger partial charge in [0.05, 0.1) is 18.9 Å². The molecule has 10 unspecified atom stereocenters. The molecule has 0 bridgehead atoms. The number of rotatable bonds is 9. The maximum absolute atomic E-state index is 14.0. The van der Waals surface area contributed by atoms with E-state index in [1.807, 2.05) is 0 Å². The zero-order valence-electron chi connectivity index (χ0n) is 27.1. The lowest BCUT2D eigenvalue weighted by atomic mass is 9.75. The minimum Gasteiger partial charge on any atom is -0.508 e. The number of phenolic OH excluding ortho intramolecular Hbond substituents is 2. The van der Waals surface area contributed by atoms with E-state index in [1.54, 1.807) is 12.1 Å². The monoisotopic (exact) mass is 714 g/mol. The predicted molar refractivity (Wildman–Crippen MR) is 164 cm³/mol. The second-order valence-corrected chi connectivity index (χ2v) is 12.3. The van der Waals surface area contributed by atoms with Crippen LogP contribution in [0, 0.1) is 0 Å². The summed E-state index contributed by atoms with van der Waals surface area (Å²) in [6.07, 6.45) is -9.82. The molecule has 4 saturated heterocycles. The highest BCUT2D eigenvalue weighted by Gasteiger charge is 2.83. The fraction of sp³-hybridized carbons (Fsp3) is 0.441. The van der Waals surface area contributed by atoms with Crippen LogP contribution in [0.5, 0.6) is 11.5 Å². The van der Waals surface area contributed by atoms with Crippen LogP contribution in [0.4, 0.5) is 0 Å². The summed E-state index contributed by atoms with van der Waals surface area (Å²) < 4.78 is 45.6. The molecule has 0 amide bonds. The Morgan fingerprint density at radius 1 is 0.922 bits per heavy atom. The number of benzene rings is 2. The summed E-state index contributed by atoms with van der Waals surface area (Å²) in [5.41, 5.74) is -1.60. The third-order valence-electron chi connectivity index (χ3n) is 8.92. The zero-order chi connectivity index (χ0) is 36.7. The number of carbonyl (C=O) groups is 5. The molecule has 0 aromatic heterocycles. The average Bonchev–Trinajstić information content (AvgIpc) is 3.69. The van der Waals surface area contributed by atoms with Crippen LogP contribution in [0.2, 0.25) is 0 Å². The van der Waals surface area contributed by atoms with Crippen molar-refractivity contribution in [3.05, 3.63) is 65.7 Å². The molecular formula is C34H34O17. The molecule has 4 fully saturated rings. The quantitative estimate of drug-likeness (QED) is 0.153. The third kappa shape index (κ3) is 6.61. The van der Waals surface area contributed by atoms with Crippen molar-refractivity contribution < 1.29 is 82.3 Å². The van der Waals surface area contributed by atoms with Crippen LogP contribution in [0.15, 0.2) is 54.6 Å². The summed E-state index contributed by atoms with van der Waals surface area (Å²) >= 11 is 0. The SMILES string of the molecule is CC(=O)OCC1OC(OC23OCC(OC(=O)C=Cc4ccc(O)cc4)C2OC(=O)C32OC(=O)CC2c2ccc(O)cc2)C(O)C(O)C1OC(C)=O. The topological polar surface area (TPSA) is 240 Å². The van der Waals surface area contributed by atoms with Gasteiger partial charge in [0, 0.05) is 19.9 Å². The first kappa shape index (κ1) is 35.7. The van der Waals surface area contributed by atoms with E-state index >= 15 is 0 Å². The molecule has 4 aliphatic heterocycles. The molecule has 4 heterocycles. The standard InChI is InChI=1S/C34H34O17/c1-16(35)44-14-23-29(46-17(2)36)27(41)28(42)31(48-23)51-34-30(24(15-45-34)47-25(39)12-5-18-3-8-20(37)9-4-18)49-32(43)33(34)22(13-26(40)50-33)19-6-10-21(38)11-7-19/h3-12,22-24,27-31,37-38,41-42H,13-15H2,1-2H3. The smallest absolute Gasteiger partial charge is 0.357 e. The summed E-state index contributed by atoms with van der Waals surface area (Å²) in [7, 11) is 0. The number of ether oxygens (including phenoxy) is 8. The first-order valence-corrected chi connectivity index (χ1v) is 15.8. The molecule has 51 heavy (non-hydrogen) atoms. The lowest BCUT2D eigenvalue weighted by molar-refractivity contribution is -0.389. The Bertz CT molecular complexity index is 1710. The Balaban J connectivity index is 1.37. The fourth-order valence-electron chi connectivity index (χ4n) is 6.67. The third-order valence-corrected chi connectivity index (χ3v) is 8.92. The highest BCUT2D eigenvalue weighted by molar-refractivity contribution is 5.93. The van der Waals surface area contributed by atoms with Crippen LogP contribution >= 0.6 is 0 Å². The number of esters is 5. The average molecular weight is 715 g/mol. The van der Waals surface area contributed by atoms with Gasteiger partial charge in [-0.1, -0.05) is 24.3 Å². The number of carbonyl (C=O) groups excluding carboxylic acids is 5. The van der Waals surface area contributed by atoms with Gasteiger partial charge in [0.1, 0.15) is 36.4 Å². The van der Waals surface area contributed by atoms with Gasteiger partial charge in [-0.3, -0.25) is 14.4 Å². The Morgan fingerprint density at radius 2 is 1.59 bits per heavy atom. The van der Waals surface area contributed by atoms with E-state index in [-0.39, 0.29) is 11.5 Å². The van der Waals surface area contributed by atoms with Crippen LogP contribution in [-0.2, 0) is 61.9 Å². The molecule has 0 aliphatic carbocycles. The number of phenols is 2. The Hall–Kier alpha value is -5.07. The van der Waals surface area contributed by atoms with Gasteiger partial charge in [0.15, 0.2) is 24.6 Å². The first-order chi connectivity index (χ1) is 24.2. The summed E-state index contributed by atoms with van der Waals surface area (Å²) in [5.74, 6) is -8.34. The number of fused-ring (bicyclic) bond motifs is 2. The molecule has 10 atom stereocenters. The van der Waals surface area contributed by atoms with Crippen LogP contribution < -0.4 is 0 Å². The maximum Gasteiger partial charge on any atom is 0.357 e. The minimum atomic E-state index is -2.52. The van der Waals surface area contributed by atoms with Gasteiger partial charge < -0.3 is 58.3 Å². The largest absolute Gasteiger partial charge is 0.508 e. The molecule has 2 aromatic rings. The van der Waals surface area contributed by atoms with Gasteiger partial charge in [-0.2, -0.15) is 0 Å². The van der Waals surface area contributed by atoms with Gasteiger partial charge in [0.2, 0.25) is 0 Å². The van der Waals surface area contributed by atoms with Crippen molar-refractivity contribution in [2.75, 3.05) is 13.2 Å². The Kier molecular flexibility index (Phi) is 9.75. The summed E-state index contributed by atoms with van der Waals surface area (Å²) in [6.45, 7) is 1.08. The molecule has 272 valence electrons. The minimum absolute atomic E-state index is 0.0172. The second kappa shape index (κ2) is 13.9. The molecule has 6 rings (SSSR count). The second-order valence-electron chi connectivity index (χ2n) is 12.3. The van der Waals surface area contributed by atoms with E-state index in [9.17, 15) is 44.4 Å². The molecule has 17 nitrogen and oxygen atoms in total. The summed E-state index contributed by atoms with van der Waals surface area (Å²) in [6, 6.07) is 11.4. The number of aromatic hydroxyl groups is 2. The van der Waals surface area contributed by atoms with E-state index in [0.29, 0.717) is 11.1 Å². The van der Waals surface area contributed by atoms with E-state index in [1.165, 1.54) is 42.5 Å². The molecule has 4 N–H and O–H groups in total.